The number of ether oxygens (including phenoxy) is 2. The summed E-state index contributed by atoms with van der Waals surface area (Å²) in [7, 11) is 1.67. The Balaban J connectivity index is 1.46. The molecular formula is C25H36N2O3. The Labute approximate surface area is 181 Å². The van der Waals surface area contributed by atoms with Crippen LogP contribution in [0, 0.1) is 0 Å². The van der Waals surface area contributed by atoms with Crippen molar-refractivity contribution in [2.75, 3.05) is 46.4 Å². The molecule has 1 aliphatic rings. The van der Waals surface area contributed by atoms with Gasteiger partial charge in [0.05, 0.1) is 7.11 Å². The molecule has 0 aromatic heterocycles. The third-order valence-electron chi connectivity index (χ3n) is 5.61. The summed E-state index contributed by atoms with van der Waals surface area (Å²) in [5.41, 5.74) is 2.38. The molecule has 1 N–H and O–H groups in total. The van der Waals surface area contributed by atoms with E-state index in [0.29, 0.717) is 13.2 Å². The van der Waals surface area contributed by atoms with Gasteiger partial charge in [0.2, 0.25) is 0 Å². The van der Waals surface area contributed by atoms with Crippen molar-refractivity contribution >= 4 is 0 Å². The number of aliphatic hydroxyl groups is 1. The van der Waals surface area contributed by atoms with Gasteiger partial charge < -0.3 is 14.6 Å². The van der Waals surface area contributed by atoms with E-state index in [9.17, 15) is 5.11 Å². The minimum Gasteiger partial charge on any atom is -0.497 e. The van der Waals surface area contributed by atoms with E-state index in [2.05, 4.69) is 60.9 Å². The van der Waals surface area contributed by atoms with Crippen LogP contribution in [0.25, 0.3) is 0 Å². The van der Waals surface area contributed by atoms with Crippen molar-refractivity contribution in [1.82, 2.24) is 9.80 Å². The fourth-order valence-electron chi connectivity index (χ4n) is 3.86. The molecule has 0 saturated carbocycles. The largest absolute Gasteiger partial charge is 0.497 e. The molecule has 1 atom stereocenters. The van der Waals surface area contributed by atoms with E-state index < -0.39 is 6.10 Å². The standard InChI is InChI=1S/C25H36N2O3/c1-25(2,3)23-16-22(29-4)10-11-24(23)30-19-21(28)18-27-14-12-26(13-15-27)17-20-8-6-5-7-9-20/h5-11,16,21,28H,12-15,17-19H2,1-4H3/t21-/m1/s1. The Bertz CT molecular complexity index is 781. The number of rotatable bonds is 8. The van der Waals surface area contributed by atoms with Gasteiger partial charge >= 0.3 is 0 Å². The van der Waals surface area contributed by atoms with E-state index >= 15 is 0 Å². The number of hydrogen-bond acceptors (Lipinski definition) is 5. The molecule has 1 fully saturated rings. The fraction of sp³-hybridized carbons (Fsp3) is 0.520. The van der Waals surface area contributed by atoms with Crippen molar-refractivity contribution in [3.63, 3.8) is 0 Å². The average molecular weight is 413 g/mol. The van der Waals surface area contributed by atoms with Gasteiger partial charge in [0.25, 0.3) is 0 Å². The summed E-state index contributed by atoms with van der Waals surface area (Å²) in [5.74, 6) is 1.64. The second kappa shape index (κ2) is 10.3. The molecule has 1 saturated heterocycles. The molecular weight excluding hydrogens is 376 g/mol. The second-order valence-electron chi connectivity index (χ2n) is 9.14. The van der Waals surface area contributed by atoms with Crippen LogP contribution >= 0.6 is 0 Å². The Morgan fingerprint density at radius 1 is 0.967 bits per heavy atom. The molecule has 0 aliphatic carbocycles. The van der Waals surface area contributed by atoms with E-state index in [0.717, 1.165) is 49.8 Å². The van der Waals surface area contributed by atoms with Gasteiger partial charge in [0.15, 0.2) is 0 Å². The molecule has 0 bridgehead atoms. The van der Waals surface area contributed by atoms with Crippen LogP contribution in [-0.2, 0) is 12.0 Å². The molecule has 0 unspecified atom stereocenters. The number of benzene rings is 2. The number of piperazine rings is 1. The van der Waals surface area contributed by atoms with Crippen LogP contribution < -0.4 is 9.47 Å². The van der Waals surface area contributed by atoms with E-state index in [4.69, 9.17) is 9.47 Å². The van der Waals surface area contributed by atoms with Crippen LogP contribution in [-0.4, -0.2) is 67.5 Å². The lowest BCUT2D eigenvalue weighted by Crippen LogP contribution is -2.48. The van der Waals surface area contributed by atoms with Crippen LogP contribution in [0.3, 0.4) is 0 Å². The lowest BCUT2D eigenvalue weighted by Gasteiger charge is -2.35. The first-order valence-corrected chi connectivity index (χ1v) is 10.8. The minimum absolute atomic E-state index is 0.0656. The Kier molecular flexibility index (Phi) is 7.75. The summed E-state index contributed by atoms with van der Waals surface area (Å²) < 4.78 is 11.4. The Hall–Kier alpha value is -2.08. The summed E-state index contributed by atoms with van der Waals surface area (Å²) in [4.78, 5) is 4.80. The molecule has 0 radical (unpaired) electrons. The van der Waals surface area contributed by atoms with E-state index in [-0.39, 0.29) is 5.41 Å². The fourth-order valence-corrected chi connectivity index (χ4v) is 3.86. The quantitative estimate of drug-likeness (QED) is 0.718. The van der Waals surface area contributed by atoms with Crippen LogP contribution in [0.4, 0.5) is 0 Å². The molecule has 5 heteroatoms. The predicted molar refractivity (Wildman–Crippen MR) is 121 cm³/mol. The van der Waals surface area contributed by atoms with Crippen molar-refractivity contribution in [3.8, 4) is 11.5 Å². The maximum atomic E-state index is 10.6. The number of nitrogens with zero attached hydrogens (tertiary/aromatic N) is 2. The minimum atomic E-state index is -0.513. The van der Waals surface area contributed by atoms with Gasteiger partial charge in [-0.3, -0.25) is 9.80 Å². The summed E-state index contributed by atoms with van der Waals surface area (Å²) in [5, 5.41) is 10.6. The van der Waals surface area contributed by atoms with Crippen molar-refractivity contribution < 1.29 is 14.6 Å². The summed E-state index contributed by atoms with van der Waals surface area (Å²) in [6.07, 6.45) is -0.513. The summed E-state index contributed by atoms with van der Waals surface area (Å²) in [6.45, 7) is 12.4. The molecule has 5 nitrogen and oxygen atoms in total. The number of aliphatic hydroxyl groups excluding tert-OH is 1. The first kappa shape index (κ1) is 22.6. The monoisotopic (exact) mass is 412 g/mol. The van der Waals surface area contributed by atoms with Gasteiger partial charge in [-0.05, 0) is 29.2 Å². The topological polar surface area (TPSA) is 45.2 Å². The van der Waals surface area contributed by atoms with Gasteiger partial charge in [0.1, 0.15) is 24.2 Å². The molecule has 0 spiro atoms. The van der Waals surface area contributed by atoms with Crippen molar-refractivity contribution in [2.45, 2.75) is 38.8 Å². The SMILES string of the molecule is COc1ccc(OC[C@H](O)CN2CCN(Cc3ccccc3)CC2)c(C(C)(C)C)c1. The average Bonchev–Trinajstić information content (AvgIpc) is 2.73. The first-order valence-electron chi connectivity index (χ1n) is 10.8. The zero-order valence-electron chi connectivity index (χ0n) is 18.8. The zero-order valence-corrected chi connectivity index (χ0v) is 18.8. The highest BCUT2D eigenvalue weighted by Crippen LogP contribution is 2.34. The molecule has 0 amide bonds. The lowest BCUT2D eigenvalue weighted by atomic mass is 9.86. The second-order valence-corrected chi connectivity index (χ2v) is 9.14. The highest BCUT2D eigenvalue weighted by atomic mass is 16.5. The Morgan fingerprint density at radius 2 is 1.63 bits per heavy atom. The third kappa shape index (κ3) is 6.46. The molecule has 3 rings (SSSR count). The summed E-state index contributed by atoms with van der Waals surface area (Å²) >= 11 is 0. The first-order chi connectivity index (χ1) is 14.3. The lowest BCUT2D eigenvalue weighted by molar-refractivity contribution is 0.0442. The van der Waals surface area contributed by atoms with Gasteiger partial charge in [-0.25, -0.2) is 0 Å². The van der Waals surface area contributed by atoms with E-state index in [1.807, 2.05) is 18.2 Å². The normalized spacial score (nSPS) is 17.0. The van der Waals surface area contributed by atoms with Gasteiger partial charge in [0, 0.05) is 44.8 Å². The smallest absolute Gasteiger partial charge is 0.123 e. The van der Waals surface area contributed by atoms with Crippen LogP contribution in [0.1, 0.15) is 31.9 Å². The van der Waals surface area contributed by atoms with E-state index in [1.165, 1.54) is 5.56 Å². The highest BCUT2D eigenvalue weighted by molar-refractivity contribution is 5.44. The molecule has 164 valence electrons. The highest BCUT2D eigenvalue weighted by Gasteiger charge is 2.22. The number of hydrogen-bond donors (Lipinski definition) is 1. The molecule has 1 heterocycles. The maximum Gasteiger partial charge on any atom is 0.123 e. The van der Waals surface area contributed by atoms with Crippen molar-refractivity contribution in [2.24, 2.45) is 0 Å². The molecule has 1 aliphatic heterocycles. The maximum absolute atomic E-state index is 10.6. The predicted octanol–water partition coefficient (Wildman–Crippen LogP) is 3.55. The van der Waals surface area contributed by atoms with Crippen molar-refractivity contribution in [3.05, 3.63) is 59.7 Å². The van der Waals surface area contributed by atoms with Gasteiger partial charge in [-0.15, -0.1) is 0 Å². The zero-order chi connectivity index (χ0) is 21.6. The number of methoxy groups -OCH3 is 1. The van der Waals surface area contributed by atoms with E-state index in [1.54, 1.807) is 7.11 Å². The third-order valence-corrected chi connectivity index (χ3v) is 5.61. The van der Waals surface area contributed by atoms with Crippen LogP contribution in [0.2, 0.25) is 0 Å². The van der Waals surface area contributed by atoms with Crippen LogP contribution in [0.15, 0.2) is 48.5 Å². The molecule has 2 aromatic rings. The summed E-state index contributed by atoms with van der Waals surface area (Å²) in [6, 6.07) is 16.5. The molecule has 30 heavy (non-hydrogen) atoms. The molecule has 2 aromatic carbocycles. The van der Waals surface area contributed by atoms with Gasteiger partial charge in [-0.2, -0.15) is 0 Å². The Morgan fingerprint density at radius 3 is 2.27 bits per heavy atom. The van der Waals surface area contributed by atoms with Crippen LogP contribution in [0.5, 0.6) is 11.5 Å². The van der Waals surface area contributed by atoms with Gasteiger partial charge in [-0.1, -0.05) is 51.1 Å². The van der Waals surface area contributed by atoms with Crippen molar-refractivity contribution in [1.29, 1.82) is 0 Å². The number of β-amino-alcohol motifs (C(OH)–C–C–N with tert-alkyl or cyclic N) is 1.